The molecule has 0 radical (unpaired) electrons. The van der Waals surface area contributed by atoms with Crippen molar-refractivity contribution >= 4 is 11.6 Å². The molecule has 0 amide bonds. The molecule has 104 valence electrons. The smallest absolute Gasteiger partial charge is 0.210 e. The summed E-state index contributed by atoms with van der Waals surface area (Å²) >= 11 is 0. The second kappa shape index (κ2) is 7.08. The number of benzene rings is 1. The van der Waals surface area contributed by atoms with Gasteiger partial charge in [-0.1, -0.05) is 18.2 Å². The second-order valence-corrected chi connectivity index (χ2v) is 4.58. The van der Waals surface area contributed by atoms with Crippen molar-refractivity contribution in [3.8, 4) is 0 Å². The van der Waals surface area contributed by atoms with E-state index in [2.05, 4.69) is 27.7 Å². The van der Waals surface area contributed by atoms with Gasteiger partial charge in [0, 0.05) is 18.8 Å². The highest BCUT2D eigenvalue weighted by Gasteiger charge is 2.17. The summed E-state index contributed by atoms with van der Waals surface area (Å²) in [6.07, 6.45) is 0.125. The maximum atomic E-state index is 5.65. The number of ether oxygens (including phenoxy) is 1. The third kappa shape index (κ3) is 4.51. The monoisotopic (exact) mass is 263 g/mol. The molecule has 1 aromatic carbocycles. The van der Waals surface area contributed by atoms with Gasteiger partial charge in [-0.15, -0.1) is 0 Å². The molecular formula is C13H21N5O. The number of hydrogen-bond acceptors (Lipinski definition) is 4. The van der Waals surface area contributed by atoms with Crippen LogP contribution in [0.4, 0.5) is 5.69 Å². The maximum Gasteiger partial charge on any atom is 0.210 e. The number of hydrazine groups is 1. The molecule has 1 heterocycles. The maximum absolute atomic E-state index is 5.65. The van der Waals surface area contributed by atoms with Crippen LogP contribution in [0.15, 0.2) is 35.3 Å². The number of rotatable bonds is 3. The Morgan fingerprint density at radius 2 is 2.26 bits per heavy atom. The fraction of sp³-hybridized carbons (Fsp3) is 0.462. The molecule has 1 aliphatic heterocycles. The van der Waals surface area contributed by atoms with Gasteiger partial charge in [0.05, 0.1) is 19.3 Å². The molecule has 0 aliphatic carbocycles. The number of likely N-dealkylation sites (N-methyl/N-ethyl adjacent to an activating group) is 1. The highest BCUT2D eigenvalue weighted by atomic mass is 16.5. The normalized spacial score (nSPS) is 21.2. The van der Waals surface area contributed by atoms with Gasteiger partial charge in [-0.05, 0) is 19.2 Å². The van der Waals surface area contributed by atoms with Crippen molar-refractivity contribution in [1.82, 2.24) is 10.3 Å². The SMILES string of the molecule is CN1CCOC(CN=C(NN)Nc2ccccc2)C1. The number of nitrogens with two attached hydrogens (primary N) is 1. The number of anilines is 1. The molecule has 6 heteroatoms. The average molecular weight is 263 g/mol. The van der Waals surface area contributed by atoms with Crippen molar-refractivity contribution in [2.45, 2.75) is 6.10 Å². The molecule has 19 heavy (non-hydrogen) atoms. The van der Waals surface area contributed by atoms with Crippen LogP contribution in [0.25, 0.3) is 0 Å². The average Bonchev–Trinajstić information content (AvgIpc) is 2.44. The summed E-state index contributed by atoms with van der Waals surface area (Å²) in [5.41, 5.74) is 3.52. The van der Waals surface area contributed by atoms with Gasteiger partial charge in [0.15, 0.2) is 0 Å². The van der Waals surface area contributed by atoms with Crippen LogP contribution in [-0.2, 0) is 4.74 Å². The van der Waals surface area contributed by atoms with E-state index in [9.17, 15) is 0 Å². The summed E-state index contributed by atoms with van der Waals surface area (Å²) in [6, 6.07) is 9.78. The van der Waals surface area contributed by atoms with E-state index in [0.717, 1.165) is 25.4 Å². The molecule has 1 aromatic rings. The number of hydrogen-bond donors (Lipinski definition) is 3. The zero-order valence-electron chi connectivity index (χ0n) is 11.2. The molecule has 0 saturated carbocycles. The minimum atomic E-state index is 0.125. The first-order chi connectivity index (χ1) is 9.28. The third-order valence-corrected chi connectivity index (χ3v) is 2.97. The summed E-state index contributed by atoms with van der Waals surface area (Å²) in [7, 11) is 2.09. The van der Waals surface area contributed by atoms with Crippen LogP contribution in [0, 0.1) is 0 Å². The standard InChI is InChI=1S/C13H21N5O/c1-18-7-8-19-12(10-18)9-15-13(17-14)16-11-5-3-2-4-6-11/h2-6,12H,7-10,14H2,1H3,(H2,15,16,17). The number of aliphatic imine (C=N–C) groups is 1. The summed E-state index contributed by atoms with van der Waals surface area (Å²) in [5.74, 6) is 6.01. The van der Waals surface area contributed by atoms with Crippen LogP contribution in [-0.4, -0.2) is 50.3 Å². The predicted octanol–water partition coefficient (Wildman–Crippen LogP) is 0.248. The van der Waals surface area contributed by atoms with E-state index >= 15 is 0 Å². The van der Waals surface area contributed by atoms with Crippen LogP contribution in [0.2, 0.25) is 0 Å². The Kier molecular flexibility index (Phi) is 5.14. The van der Waals surface area contributed by atoms with Crippen molar-refractivity contribution < 1.29 is 4.74 Å². The van der Waals surface area contributed by atoms with Crippen LogP contribution < -0.4 is 16.6 Å². The quantitative estimate of drug-likeness (QED) is 0.315. The lowest BCUT2D eigenvalue weighted by molar-refractivity contribution is -0.0136. The predicted molar refractivity (Wildman–Crippen MR) is 76.9 cm³/mol. The van der Waals surface area contributed by atoms with Gasteiger partial charge in [-0.25, -0.2) is 10.8 Å². The summed E-state index contributed by atoms with van der Waals surface area (Å²) < 4.78 is 5.65. The van der Waals surface area contributed by atoms with Crippen molar-refractivity contribution in [2.75, 3.05) is 38.6 Å². The lowest BCUT2D eigenvalue weighted by Gasteiger charge is -2.29. The van der Waals surface area contributed by atoms with E-state index in [1.807, 2.05) is 30.3 Å². The third-order valence-electron chi connectivity index (χ3n) is 2.97. The topological polar surface area (TPSA) is 74.9 Å². The second-order valence-electron chi connectivity index (χ2n) is 4.58. The lowest BCUT2D eigenvalue weighted by Crippen LogP contribution is -2.42. The first-order valence-corrected chi connectivity index (χ1v) is 6.41. The molecule has 1 unspecified atom stereocenters. The van der Waals surface area contributed by atoms with E-state index in [1.165, 1.54) is 0 Å². The van der Waals surface area contributed by atoms with Gasteiger partial charge in [-0.3, -0.25) is 5.43 Å². The van der Waals surface area contributed by atoms with Gasteiger partial charge in [0.2, 0.25) is 5.96 Å². The molecule has 2 rings (SSSR count). The Hall–Kier alpha value is -1.63. The van der Waals surface area contributed by atoms with E-state index in [4.69, 9.17) is 10.6 Å². The van der Waals surface area contributed by atoms with Gasteiger partial charge >= 0.3 is 0 Å². The number of guanidine groups is 1. The van der Waals surface area contributed by atoms with Gasteiger partial charge in [-0.2, -0.15) is 0 Å². The zero-order valence-corrected chi connectivity index (χ0v) is 11.2. The van der Waals surface area contributed by atoms with Gasteiger partial charge in [0.25, 0.3) is 0 Å². The molecule has 1 saturated heterocycles. The molecule has 0 spiro atoms. The Bertz CT molecular complexity index is 409. The molecule has 6 nitrogen and oxygen atoms in total. The van der Waals surface area contributed by atoms with Crippen LogP contribution in [0.1, 0.15) is 0 Å². The first-order valence-electron chi connectivity index (χ1n) is 6.41. The Morgan fingerprint density at radius 3 is 2.95 bits per heavy atom. The highest BCUT2D eigenvalue weighted by Crippen LogP contribution is 2.06. The summed E-state index contributed by atoms with van der Waals surface area (Å²) in [4.78, 5) is 6.65. The van der Waals surface area contributed by atoms with E-state index in [0.29, 0.717) is 12.5 Å². The van der Waals surface area contributed by atoms with Crippen molar-refractivity contribution in [2.24, 2.45) is 10.8 Å². The number of nitrogens with zero attached hydrogens (tertiary/aromatic N) is 2. The molecule has 1 aliphatic rings. The minimum Gasteiger partial charge on any atom is -0.374 e. The van der Waals surface area contributed by atoms with Crippen LogP contribution >= 0.6 is 0 Å². The Morgan fingerprint density at radius 1 is 1.47 bits per heavy atom. The zero-order chi connectivity index (χ0) is 13.5. The van der Waals surface area contributed by atoms with E-state index in [1.54, 1.807) is 0 Å². The van der Waals surface area contributed by atoms with E-state index in [-0.39, 0.29) is 6.10 Å². The molecule has 0 bridgehead atoms. The van der Waals surface area contributed by atoms with E-state index < -0.39 is 0 Å². The number of para-hydroxylation sites is 1. The number of nitrogens with one attached hydrogen (secondary N) is 2. The molecule has 1 fully saturated rings. The van der Waals surface area contributed by atoms with Crippen molar-refractivity contribution in [1.29, 1.82) is 0 Å². The largest absolute Gasteiger partial charge is 0.374 e. The minimum absolute atomic E-state index is 0.125. The van der Waals surface area contributed by atoms with Crippen LogP contribution in [0.3, 0.4) is 0 Å². The lowest BCUT2D eigenvalue weighted by atomic mass is 10.3. The summed E-state index contributed by atoms with van der Waals surface area (Å²) in [6.45, 7) is 3.22. The summed E-state index contributed by atoms with van der Waals surface area (Å²) in [5, 5.41) is 3.12. The van der Waals surface area contributed by atoms with Gasteiger partial charge in [0.1, 0.15) is 0 Å². The van der Waals surface area contributed by atoms with Crippen molar-refractivity contribution in [3.05, 3.63) is 30.3 Å². The van der Waals surface area contributed by atoms with Gasteiger partial charge < -0.3 is 15.0 Å². The first kappa shape index (κ1) is 13.8. The molecule has 4 N–H and O–H groups in total. The van der Waals surface area contributed by atoms with Crippen molar-refractivity contribution in [3.63, 3.8) is 0 Å². The fourth-order valence-corrected chi connectivity index (χ4v) is 1.95. The highest BCUT2D eigenvalue weighted by molar-refractivity contribution is 5.93. The Labute approximate surface area is 113 Å². The molecule has 0 aromatic heterocycles. The fourth-order valence-electron chi connectivity index (χ4n) is 1.95. The molecular weight excluding hydrogens is 242 g/mol. The number of morpholine rings is 1. The molecule has 1 atom stereocenters. The Balaban J connectivity index is 1.88. The van der Waals surface area contributed by atoms with Crippen LogP contribution in [0.5, 0.6) is 0 Å².